The first-order chi connectivity index (χ1) is 16.5. The van der Waals surface area contributed by atoms with E-state index in [2.05, 4.69) is 48.5 Å². The predicted octanol–water partition coefficient (Wildman–Crippen LogP) is 5.09. The van der Waals surface area contributed by atoms with Gasteiger partial charge in [-0.25, -0.2) is 0 Å². The number of methoxy groups -OCH3 is 1. The van der Waals surface area contributed by atoms with Crippen molar-refractivity contribution in [3.63, 3.8) is 0 Å². The average molecular weight is 505 g/mol. The lowest BCUT2D eigenvalue weighted by molar-refractivity contribution is -0.214. The third kappa shape index (κ3) is 2.81. The molecule has 6 rings (SSSR count). The van der Waals surface area contributed by atoms with Gasteiger partial charge in [0.25, 0.3) is 0 Å². The van der Waals surface area contributed by atoms with Crippen LogP contribution in [-0.4, -0.2) is 58.0 Å². The largest absolute Gasteiger partial charge is 0.393 e. The first-order valence-electron chi connectivity index (χ1n) is 14.8. The van der Waals surface area contributed by atoms with Gasteiger partial charge in [-0.1, -0.05) is 27.7 Å². The van der Waals surface area contributed by atoms with Crippen LogP contribution in [0.2, 0.25) is 0 Å². The van der Waals surface area contributed by atoms with Crippen molar-refractivity contribution in [2.45, 2.75) is 142 Å². The molecule has 0 aromatic rings. The fourth-order valence-electron chi connectivity index (χ4n) is 12.3. The van der Waals surface area contributed by atoms with Gasteiger partial charge in [-0.2, -0.15) is 0 Å². The molecule has 5 saturated carbocycles. The summed E-state index contributed by atoms with van der Waals surface area (Å²) in [6.45, 7) is 15.8. The lowest BCUT2D eigenvalue weighted by Crippen LogP contribution is -2.62. The maximum absolute atomic E-state index is 11.8. The van der Waals surface area contributed by atoms with E-state index < -0.39 is 6.10 Å². The standard InChI is InChI=1S/C31H52O5/c1-25(2)21(34)9-12-31-17-30(31)14-13-27(5)24(29(7)11-10-22(36-29)26(3,4)35-8)19(33)16-28(27,6)20(30)15-18(32)23(25)31/h18-24,32-34H,9-17H2,1-8H3/t18-,19?,20?,21?,22?,23-,24?,27?,28-,29+,30?,31?/m0/s1. The van der Waals surface area contributed by atoms with Crippen molar-refractivity contribution in [3.05, 3.63) is 0 Å². The Labute approximate surface area is 218 Å². The minimum Gasteiger partial charge on any atom is -0.393 e. The molecule has 3 N–H and O–H groups in total. The molecule has 0 bridgehead atoms. The number of rotatable bonds is 3. The van der Waals surface area contributed by atoms with Gasteiger partial charge in [-0.15, -0.1) is 0 Å². The molecule has 1 aliphatic heterocycles. The molecule has 5 nitrogen and oxygen atoms in total. The number of hydrogen-bond donors (Lipinski definition) is 3. The molecule has 8 unspecified atom stereocenters. The van der Waals surface area contributed by atoms with Gasteiger partial charge in [-0.05, 0) is 117 Å². The van der Waals surface area contributed by atoms with Crippen molar-refractivity contribution in [2.75, 3.05) is 7.11 Å². The van der Waals surface area contributed by atoms with E-state index in [1.54, 1.807) is 7.11 Å². The third-order valence-corrected chi connectivity index (χ3v) is 14.3. The second-order valence-electron chi connectivity index (χ2n) is 16.0. The van der Waals surface area contributed by atoms with E-state index in [4.69, 9.17) is 9.47 Å². The number of ether oxygens (including phenoxy) is 2. The monoisotopic (exact) mass is 504 g/mol. The van der Waals surface area contributed by atoms with E-state index in [0.717, 1.165) is 44.9 Å². The lowest BCUT2D eigenvalue weighted by Gasteiger charge is -2.64. The van der Waals surface area contributed by atoms with Crippen LogP contribution in [0, 0.1) is 44.8 Å². The van der Waals surface area contributed by atoms with E-state index >= 15 is 0 Å². The van der Waals surface area contributed by atoms with Gasteiger partial charge in [0, 0.05) is 13.0 Å². The number of fused-ring (bicyclic) bond motifs is 2. The molecule has 12 atom stereocenters. The van der Waals surface area contributed by atoms with Crippen LogP contribution in [0.25, 0.3) is 0 Å². The van der Waals surface area contributed by atoms with Crippen LogP contribution in [0.1, 0.15) is 106 Å². The van der Waals surface area contributed by atoms with Crippen LogP contribution in [0.3, 0.4) is 0 Å². The summed E-state index contributed by atoms with van der Waals surface area (Å²) >= 11 is 0. The van der Waals surface area contributed by atoms with Crippen LogP contribution in [0.15, 0.2) is 0 Å². The molecular weight excluding hydrogens is 452 g/mol. The van der Waals surface area contributed by atoms with Gasteiger partial charge in [0.2, 0.25) is 0 Å². The Morgan fingerprint density at radius 3 is 2.17 bits per heavy atom. The Bertz CT molecular complexity index is 932. The quantitative estimate of drug-likeness (QED) is 0.499. The van der Waals surface area contributed by atoms with E-state index in [0.29, 0.717) is 5.92 Å². The van der Waals surface area contributed by atoms with Crippen molar-refractivity contribution in [2.24, 2.45) is 44.8 Å². The average Bonchev–Trinajstić information content (AvgIpc) is 3.15. The molecular formula is C31H52O5. The molecule has 0 radical (unpaired) electrons. The highest BCUT2D eigenvalue weighted by molar-refractivity contribution is 5.33. The van der Waals surface area contributed by atoms with Gasteiger partial charge in [0.15, 0.2) is 0 Å². The summed E-state index contributed by atoms with van der Waals surface area (Å²) in [5.41, 5.74) is -0.619. The summed E-state index contributed by atoms with van der Waals surface area (Å²) in [6.07, 6.45) is 7.86. The van der Waals surface area contributed by atoms with E-state index in [9.17, 15) is 15.3 Å². The SMILES string of the molecule is COC(C)(C)C1CC[C@](C)(C2C(O)C[C@@]3(C)C4C[C@H](O)[C@H]5C(C)(C)C(O)CCC56CC46CCC23C)O1. The van der Waals surface area contributed by atoms with Gasteiger partial charge in [0.05, 0.1) is 35.6 Å². The molecule has 2 spiro atoms. The maximum Gasteiger partial charge on any atom is 0.0883 e. The first-order valence-corrected chi connectivity index (χ1v) is 14.8. The fraction of sp³-hybridized carbons (Fsp3) is 1.00. The van der Waals surface area contributed by atoms with Crippen molar-refractivity contribution >= 4 is 0 Å². The minimum absolute atomic E-state index is 0.0324. The highest BCUT2D eigenvalue weighted by Gasteiger charge is 2.84. The summed E-state index contributed by atoms with van der Waals surface area (Å²) in [7, 11) is 1.76. The molecule has 6 aliphatic rings. The number of aliphatic hydroxyl groups excluding tert-OH is 3. The van der Waals surface area contributed by atoms with Crippen molar-refractivity contribution in [3.8, 4) is 0 Å². The summed E-state index contributed by atoms with van der Waals surface area (Å²) in [6, 6.07) is 0. The molecule has 206 valence electrons. The summed E-state index contributed by atoms with van der Waals surface area (Å²) < 4.78 is 12.7. The summed E-state index contributed by atoms with van der Waals surface area (Å²) in [5.74, 6) is 0.670. The molecule has 5 aliphatic carbocycles. The van der Waals surface area contributed by atoms with E-state index in [1.807, 2.05) is 0 Å². The zero-order valence-electron chi connectivity index (χ0n) is 24.1. The molecule has 5 heteroatoms. The van der Waals surface area contributed by atoms with Gasteiger partial charge in [0.1, 0.15) is 0 Å². The highest BCUT2D eigenvalue weighted by atomic mass is 16.6. The Balaban J connectivity index is 1.35. The summed E-state index contributed by atoms with van der Waals surface area (Å²) in [4.78, 5) is 0. The van der Waals surface area contributed by atoms with Crippen LogP contribution < -0.4 is 0 Å². The van der Waals surface area contributed by atoms with Gasteiger partial charge in [-0.3, -0.25) is 0 Å². The molecule has 6 fully saturated rings. The molecule has 1 heterocycles. The van der Waals surface area contributed by atoms with Crippen molar-refractivity contribution < 1.29 is 24.8 Å². The summed E-state index contributed by atoms with van der Waals surface area (Å²) in [5, 5.41) is 34.5. The van der Waals surface area contributed by atoms with Gasteiger partial charge < -0.3 is 24.8 Å². The van der Waals surface area contributed by atoms with E-state index in [-0.39, 0.29) is 68.4 Å². The van der Waals surface area contributed by atoms with E-state index in [1.165, 1.54) is 12.8 Å². The van der Waals surface area contributed by atoms with Crippen LogP contribution in [0.4, 0.5) is 0 Å². The normalized spacial score (nSPS) is 59.6. The Kier molecular flexibility index (Phi) is 5.28. The van der Waals surface area contributed by atoms with Crippen LogP contribution in [0.5, 0.6) is 0 Å². The predicted molar refractivity (Wildman–Crippen MR) is 139 cm³/mol. The second kappa shape index (κ2) is 7.30. The van der Waals surface area contributed by atoms with Crippen LogP contribution in [-0.2, 0) is 9.47 Å². The third-order valence-electron chi connectivity index (χ3n) is 14.3. The maximum atomic E-state index is 11.8. The highest BCUT2D eigenvalue weighted by Crippen LogP contribution is 2.89. The van der Waals surface area contributed by atoms with Crippen molar-refractivity contribution in [1.82, 2.24) is 0 Å². The van der Waals surface area contributed by atoms with Crippen LogP contribution >= 0.6 is 0 Å². The lowest BCUT2D eigenvalue weighted by atomic mass is 9.41. The molecule has 0 aromatic heterocycles. The number of aliphatic hydroxyl groups is 3. The zero-order chi connectivity index (χ0) is 26.3. The first kappa shape index (κ1) is 26.0. The minimum atomic E-state index is -0.390. The molecule has 1 saturated heterocycles. The fourth-order valence-corrected chi connectivity index (χ4v) is 12.3. The Hall–Kier alpha value is -0.200. The Morgan fingerprint density at radius 2 is 1.50 bits per heavy atom. The molecule has 36 heavy (non-hydrogen) atoms. The molecule has 0 amide bonds. The molecule has 0 aromatic carbocycles. The smallest absolute Gasteiger partial charge is 0.0883 e. The topological polar surface area (TPSA) is 79.2 Å². The van der Waals surface area contributed by atoms with Gasteiger partial charge >= 0.3 is 0 Å². The number of hydrogen-bond acceptors (Lipinski definition) is 5. The van der Waals surface area contributed by atoms with Crippen molar-refractivity contribution in [1.29, 1.82) is 0 Å². The zero-order valence-corrected chi connectivity index (χ0v) is 24.1. The second-order valence-corrected chi connectivity index (χ2v) is 16.0. The Morgan fingerprint density at radius 1 is 0.806 bits per heavy atom.